The number of carbonyl (C=O) groups excluding carboxylic acids is 1. The lowest BCUT2D eigenvalue weighted by atomic mass is 10.3. The van der Waals surface area contributed by atoms with E-state index in [1.807, 2.05) is 28.8 Å². The number of aromatic nitrogens is 3. The fraction of sp³-hybridized carbons (Fsp3) is 0.0833. The molecule has 0 amide bonds. The molecule has 0 aromatic carbocycles. The van der Waals surface area contributed by atoms with Gasteiger partial charge >= 0.3 is 0 Å². The molecule has 3 heterocycles. The molecule has 6 heteroatoms. The number of hydrogen-bond acceptors (Lipinski definition) is 5. The predicted molar refractivity (Wildman–Crippen MR) is 66.7 cm³/mol. The van der Waals surface area contributed by atoms with Crippen molar-refractivity contribution in [3.8, 4) is 0 Å². The van der Waals surface area contributed by atoms with Gasteiger partial charge in [-0.1, -0.05) is 17.8 Å². The molecule has 0 N–H and O–H groups in total. The molecule has 0 aliphatic rings. The highest BCUT2D eigenvalue weighted by molar-refractivity contribution is 7.99. The summed E-state index contributed by atoms with van der Waals surface area (Å²) in [6.07, 6.45) is 3.36. The number of hydrogen-bond donors (Lipinski definition) is 0. The monoisotopic (exact) mass is 259 g/mol. The van der Waals surface area contributed by atoms with Crippen molar-refractivity contribution < 1.29 is 9.21 Å². The van der Waals surface area contributed by atoms with E-state index in [0.717, 1.165) is 5.65 Å². The van der Waals surface area contributed by atoms with E-state index in [2.05, 4.69) is 10.2 Å². The summed E-state index contributed by atoms with van der Waals surface area (Å²) >= 11 is 1.34. The molecule has 0 aliphatic carbocycles. The molecule has 18 heavy (non-hydrogen) atoms. The van der Waals surface area contributed by atoms with Gasteiger partial charge in [0.15, 0.2) is 16.6 Å². The largest absolute Gasteiger partial charge is 0.461 e. The van der Waals surface area contributed by atoms with Crippen LogP contribution in [0, 0.1) is 0 Å². The van der Waals surface area contributed by atoms with Gasteiger partial charge in [-0.3, -0.25) is 9.20 Å². The second kappa shape index (κ2) is 4.66. The van der Waals surface area contributed by atoms with Crippen LogP contribution in [0.15, 0.2) is 52.4 Å². The highest BCUT2D eigenvalue weighted by atomic mass is 32.2. The molecule has 3 aromatic rings. The van der Waals surface area contributed by atoms with Crippen LogP contribution in [-0.2, 0) is 0 Å². The second-order valence-electron chi connectivity index (χ2n) is 3.60. The summed E-state index contributed by atoms with van der Waals surface area (Å²) in [6.45, 7) is 0. The van der Waals surface area contributed by atoms with Crippen molar-refractivity contribution in [2.45, 2.75) is 5.16 Å². The van der Waals surface area contributed by atoms with E-state index >= 15 is 0 Å². The fourth-order valence-corrected chi connectivity index (χ4v) is 2.35. The Hall–Kier alpha value is -2.08. The molecule has 0 saturated heterocycles. The van der Waals surface area contributed by atoms with E-state index in [1.165, 1.54) is 18.0 Å². The van der Waals surface area contributed by atoms with E-state index in [4.69, 9.17) is 4.42 Å². The maximum absolute atomic E-state index is 11.8. The lowest BCUT2D eigenvalue weighted by Crippen LogP contribution is -2.01. The third-order valence-corrected chi connectivity index (χ3v) is 3.35. The number of carbonyl (C=O) groups is 1. The van der Waals surface area contributed by atoms with E-state index in [9.17, 15) is 4.79 Å². The topological polar surface area (TPSA) is 60.4 Å². The van der Waals surface area contributed by atoms with Crippen LogP contribution >= 0.6 is 11.8 Å². The van der Waals surface area contributed by atoms with Crippen molar-refractivity contribution in [3.05, 3.63) is 48.6 Å². The smallest absolute Gasteiger partial charge is 0.208 e. The van der Waals surface area contributed by atoms with Crippen molar-refractivity contribution in [3.63, 3.8) is 0 Å². The van der Waals surface area contributed by atoms with E-state index in [-0.39, 0.29) is 11.5 Å². The molecule has 3 aromatic heterocycles. The zero-order valence-electron chi connectivity index (χ0n) is 9.31. The molecule has 0 bridgehead atoms. The van der Waals surface area contributed by atoms with Crippen LogP contribution in [0.25, 0.3) is 5.65 Å². The van der Waals surface area contributed by atoms with Crippen LogP contribution < -0.4 is 0 Å². The van der Waals surface area contributed by atoms with Gasteiger partial charge < -0.3 is 4.42 Å². The van der Waals surface area contributed by atoms with Gasteiger partial charge in [0.05, 0.1) is 12.0 Å². The zero-order chi connectivity index (χ0) is 12.4. The van der Waals surface area contributed by atoms with Crippen LogP contribution in [-0.4, -0.2) is 26.1 Å². The first-order valence-electron chi connectivity index (χ1n) is 5.34. The highest BCUT2D eigenvalue weighted by Crippen LogP contribution is 2.18. The van der Waals surface area contributed by atoms with Crippen LogP contribution in [0.1, 0.15) is 10.6 Å². The van der Waals surface area contributed by atoms with Crippen molar-refractivity contribution in [1.82, 2.24) is 14.6 Å². The summed E-state index contributed by atoms with van der Waals surface area (Å²) < 4.78 is 6.89. The standard InChI is InChI=1S/C12H9N3O2S/c16-9(10-4-3-7-17-10)8-18-12-14-13-11-5-1-2-6-15(11)12/h1-7H,8H2. The minimum atomic E-state index is -0.0577. The van der Waals surface area contributed by atoms with E-state index in [0.29, 0.717) is 10.9 Å². The van der Waals surface area contributed by atoms with Crippen LogP contribution in [0.3, 0.4) is 0 Å². The van der Waals surface area contributed by atoms with Crippen LogP contribution in [0.5, 0.6) is 0 Å². The van der Waals surface area contributed by atoms with Gasteiger partial charge in [0.2, 0.25) is 5.78 Å². The Labute approximate surface area is 107 Å². The Bertz CT molecular complexity index is 676. The Morgan fingerprint density at radius 3 is 3.06 bits per heavy atom. The third kappa shape index (κ3) is 2.02. The van der Waals surface area contributed by atoms with Gasteiger partial charge in [-0.05, 0) is 24.3 Å². The first-order valence-corrected chi connectivity index (χ1v) is 6.32. The summed E-state index contributed by atoms with van der Waals surface area (Å²) in [4.78, 5) is 11.8. The molecule has 3 rings (SSSR count). The van der Waals surface area contributed by atoms with Gasteiger partial charge in [-0.15, -0.1) is 10.2 Å². The average Bonchev–Trinajstić information content (AvgIpc) is 3.06. The molecule has 0 unspecified atom stereocenters. The van der Waals surface area contributed by atoms with Crippen molar-refractivity contribution in [1.29, 1.82) is 0 Å². The molecule has 5 nitrogen and oxygen atoms in total. The maximum atomic E-state index is 11.8. The summed E-state index contributed by atoms with van der Waals surface area (Å²) in [5.74, 6) is 0.595. The molecule has 0 atom stereocenters. The quantitative estimate of drug-likeness (QED) is 0.531. The number of nitrogens with zero attached hydrogens (tertiary/aromatic N) is 3. The number of pyridine rings is 1. The maximum Gasteiger partial charge on any atom is 0.208 e. The van der Waals surface area contributed by atoms with Gasteiger partial charge in [-0.2, -0.15) is 0 Å². The highest BCUT2D eigenvalue weighted by Gasteiger charge is 2.12. The molecule has 0 aliphatic heterocycles. The minimum absolute atomic E-state index is 0.0577. The van der Waals surface area contributed by atoms with Crippen molar-refractivity contribution in [2.75, 3.05) is 5.75 Å². The minimum Gasteiger partial charge on any atom is -0.461 e. The molecular formula is C12H9N3O2S. The second-order valence-corrected chi connectivity index (χ2v) is 4.54. The first-order chi connectivity index (χ1) is 8.84. The summed E-state index contributed by atoms with van der Waals surface area (Å²) in [7, 11) is 0. The lowest BCUT2D eigenvalue weighted by molar-refractivity contribution is 0.0992. The lowest BCUT2D eigenvalue weighted by Gasteiger charge is -1.97. The third-order valence-electron chi connectivity index (χ3n) is 2.41. The molecule has 0 saturated carbocycles. The summed E-state index contributed by atoms with van der Waals surface area (Å²) in [5.41, 5.74) is 0.769. The number of furan rings is 1. The van der Waals surface area contributed by atoms with E-state index in [1.54, 1.807) is 12.1 Å². The molecule has 0 radical (unpaired) electrons. The summed E-state index contributed by atoms with van der Waals surface area (Å²) in [6, 6.07) is 9.02. The van der Waals surface area contributed by atoms with Crippen LogP contribution in [0.2, 0.25) is 0 Å². The van der Waals surface area contributed by atoms with Gasteiger partial charge in [0.1, 0.15) is 0 Å². The van der Waals surface area contributed by atoms with Gasteiger partial charge in [0, 0.05) is 6.20 Å². The number of thioether (sulfide) groups is 1. The Morgan fingerprint density at radius 2 is 2.22 bits per heavy atom. The number of Topliss-reactive ketones (excluding diaryl/α,β-unsaturated/α-hetero) is 1. The zero-order valence-corrected chi connectivity index (χ0v) is 10.1. The Balaban J connectivity index is 1.76. The number of ketones is 1. The normalized spacial score (nSPS) is 10.9. The molecular weight excluding hydrogens is 250 g/mol. The predicted octanol–water partition coefficient (Wildman–Crippen LogP) is 2.30. The Kier molecular flexibility index (Phi) is 2.85. The average molecular weight is 259 g/mol. The Morgan fingerprint density at radius 1 is 1.28 bits per heavy atom. The van der Waals surface area contributed by atoms with Crippen molar-refractivity contribution in [2.24, 2.45) is 0 Å². The van der Waals surface area contributed by atoms with Gasteiger partial charge in [0.25, 0.3) is 0 Å². The molecule has 0 spiro atoms. The van der Waals surface area contributed by atoms with Crippen LogP contribution in [0.4, 0.5) is 0 Å². The van der Waals surface area contributed by atoms with Crippen molar-refractivity contribution >= 4 is 23.2 Å². The first kappa shape index (κ1) is 11.0. The van der Waals surface area contributed by atoms with Gasteiger partial charge in [-0.25, -0.2) is 0 Å². The molecule has 90 valence electrons. The number of rotatable bonds is 4. The summed E-state index contributed by atoms with van der Waals surface area (Å²) in [5, 5.41) is 8.76. The molecule has 0 fully saturated rings. The van der Waals surface area contributed by atoms with E-state index < -0.39 is 0 Å². The SMILES string of the molecule is O=C(CSc1nnc2ccccn12)c1ccco1. The number of fused-ring (bicyclic) bond motifs is 1. The fourth-order valence-electron chi connectivity index (χ4n) is 1.56.